The first-order chi connectivity index (χ1) is 4.31. The Labute approximate surface area is 56.3 Å². The molecule has 0 radical (unpaired) electrons. The Bertz CT molecular complexity index is 95.6. The number of nitrogens with one attached hydrogen (secondary N) is 1. The first kappa shape index (κ1) is 8.48. The van der Waals surface area contributed by atoms with Crippen molar-refractivity contribution in [2.45, 2.75) is 18.9 Å². The second-order valence-electron chi connectivity index (χ2n) is 1.95. The van der Waals surface area contributed by atoms with Gasteiger partial charge in [0.2, 0.25) is 0 Å². The van der Waals surface area contributed by atoms with E-state index in [-0.39, 0.29) is 6.10 Å². The summed E-state index contributed by atoms with van der Waals surface area (Å²) in [5, 5.41) is 11.9. The van der Waals surface area contributed by atoms with Crippen LogP contribution in [-0.2, 0) is 0 Å². The molecule has 9 heavy (non-hydrogen) atoms. The number of rotatable bonds is 4. The molecule has 0 bridgehead atoms. The summed E-state index contributed by atoms with van der Waals surface area (Å²) in [6.07, 6.45) is 6.05. The predicted molar refractivity (Wildman–Crippen MR) is 38.0 cm³/mol. The maximum absolute atomic E-state index is 9.02. The minimum atomic E-state index is -0.286. The molecule has 0 rings (SSSR count). The van der Waals surface area contributed by atoms with Crippen molar-refractivity contribution in [3.05, 3.63) is 0 Å². The smallest absolute Gasteiger partial charge is 0.0673 e. The van der Waals surface area contributed by atoms with Crippen LogP contribution in [0.5, 0.6) is 0 Å². The van der Waals surface area contributed by atoms with Gasteiger partial charge in [0.1, 0.15) is 0 Å². The first-order valence-electron chi connectivity index (χ1n) is 3.07. The second kappa shape index (κ2) is 5.61. The van der Waals surface area contributed by atoms with Gasteiger partial charge in [-0.25, -0.2) is 0 Å². The van der Waals surface area contributed by atoms with E-state index in [0.717, 1.165) is 0 Å². The van der Waals surface area contributed by atoms with E-state index in [2.05, 4.69) is 11.2 Å². The Morgan fingerprint density at radius 3 is 2.89 bits per heavy atom. The van der Waals surface area contributed by atoms with Gasteiger partial charge < -0.3 is 10.4 Å². The van der Waals surface area contributed by atoms with Gasteiger partial charge in [-0.2, -0.15) is 0 Å². The van der Waals surface area contributed by atoms with E-state index in [1.165, 1.54) is 0 Å². The van der Waals surface area contributed by atoms with Crippen molar-refractivity contribution in [2.24, 2.45) is 0 Å². The van der Waals surface area contributed by atoms with Gasteiger partial charge in [-0.15, -0.1) is 12.3 Å². The van der Waals surface area contributed by atoms with E-state index >= 15 is 0 Å². The molecule has 1 atom stereocenters. The van der Waals surface area contributed by atoms with Gasteiger partial charge in [-0.3, -0.25) is 0 Å². The molecule has 0 saturated carbocycles. The van der Waals surface area contributed by atoms with Crippen LogP contribution in [0.4, 0.5) is 0 Å². The lowest BCUT2D eigenvalue weighted by molar-refractivity contribution is 0.166. The molecule has 0 saturated heterocycles. The Balaban J connectivity index is 3.07. The number of aliphatic hydroxyl groups excluding tert-OH is 1. The largest absolute Gasteiger partial charge is 0.392 e. The highest BCUT2D eigenvalue weighted by Gasteiger charge is 1.98. The fraction of sp³-hybridized carbons (Fsp3) is 0.714. The summed E-state index contributed by atoms with van der Waals surface area (Å²) in [4.78, 5) is 0. The minimum absolute atomic E-state index is 0.286. The van der Waals surface area contributed by atoms with Crippen LogP contribution >= 0.6 is 0 Å². The van der Waals surface area contributed by atoms with Gasteiger partial charge in [0.05, 0.1) is 6.10 Å². The molecule has 0 spiro atoms. The van der Waals surface area contributed by atoms with Crippen molar-refractivity contribution in [3.8, 4) is 12.3 Å². The van der Waals surface area contributed by atoms with Crippen LogP contribution in [0.1, 0.15) is 12.8 Å². The van der Waals surface area contributed by atoms with Gasteiger partial charge >= 0.3 is 0 Å². The van der Waals surface area contributed by atoms with E-state index in [4.69, 9.17) is 11.5 Å². The van der Waals surface area contributed by atoms with E-state index in [1.54, 1.807) is 7.05 Å². The summed E-state index contributed by atoms with van der Waals surface area (Å²) in [6.45, 7) is 0.627. The fourth-order valence-electron chi connectivity index (χ4n) is 0.588. The average molecular weight is 127 g/mol. The van der Waals surface area contributed by atoms with Crippen LogP contribution in [0.2, 0.25) is 0 Å². The Kier molecular flexibility index (Phi) is 5.29. The first-order valence-corrected chi connectivity index (χ1v) is 3.07. The molecule has 2 heteroatoms. The van der Waals surface area contributed by atoms with Crippen molar-refractivity contribution in [1.29, 1.82) is 0 Å². The van der Waals surface area contributed by atoms with Crippen molar-refractivity contribution in [2.75, 3.05) is 13.6 Å². The SMILES string of the molecule is C#CCCC(O)CNC. The Morgan fingerprint density at radius 1 is 1.78 bits per heavy atom. The molecule has 2 nitrogen and oxygen atoms in total. The molecular formula is C7H13NO. The van der Waals surface area contributed by atoms with Crippen LogP contribution < -0.4 is 5.32 Å². The Hall–Kier alpha value is -0.520. The van der Waals surface area contributed by atoms with Crippen LogP contribution in [0, 0.1) is 12.3 Å². The normalized spacial score (nSPS) is 12.6. The quantitative estimate of drug-likeness (QED) is 0.520. The van der Waals surface area contributed by atoms with E-state index in [0.29, 0.717) is 19.4 Å². The van der Waals surface area contributed by atoms with Gasteiger partial charge in [-0.1, -0.05) is 0 Å². The van der Waals surface area contributed by atoms with E-state index in [1.807, 2.05) is 0 Å². The summed E-state index contributed by atoms with van der Waals surface area (Å²) >= 11 is 0. The van der Waals surface area contributed by atoms with E-state index in [9.17, 15) is 0 Å². The Morgan fingerprint density at radius 2 is 2.44 bits per heavy atom. The fourth-order valence-corrected chi connectivity index (χ4v) is 0.588. The standard InChI is InChI=1S/C7H13NO/c1-3-4-5-7(9)6-8-2/h1,7-9H,4-6H2,2H3. The molecule has 0 aromatic carbocycles. The second-order valence-corrected chi connectivity index (χ2v) is 1.95. The maximum atomic E-state index is 9.02. The van der Waals surface area contributed by atoms with E-state index < -0.39 is 0 Å². The molecule has 0 heterocycles. The minimum Gasteiger partial charge on any atom is -0.392 e. The topological polar surface area (TPSA) is 32.3 Å². The molecule has 0 aliphatic carbocycles. The number of terminal acetylenes is 1. The lowest BCUT2D eigenvalue weighted by Crippen LogP contribution is -2.22. The molecule has 0 aliphatic rings. The summed E-state index contributed by atoms with van der Waals surface area (Å²) in [7, 11) is 1.80. The zero-order chi connectivity index (χ0) is 7.11. The summed E-state index contributed by atoms with van der Waals surface area (Å²) in [5.41, 5.74) is 0. The highest BCUT2D eigenvalue weighted by atomic mass is 16.3. The van der Waals surface area contributed by atoms with Crippen LogP contribution in [-0.4, -0.2) is 24.8 Å². The maximum Gasteiger partial charge on any atom is 0.0673 e. The number of aliphatic hydroxyl groups is 1. The number of hydrogen-bond donors (Lipinski definition) is 2. The number of hydrogen-bond acceptors (Lipinski definition) is 2. The van der Waals surface area contributed by atoms with Crippen molar-refractivity contribution in [1.82, 2.24) is 5.32 Å². The lowest BCUT2D eigenvalue weighted by atomic mass is 10.2. The molecule has 0 aliphatic heterocycles. The lowest BCUT2D eigenvalue weighted by Gasteiger charge is -2.05. The molecule has 0 aromatic rings. The zero-order valence-corrected chi connectivity index (χ0v) is 5.72. The molecule has 0 aromatic heterocycles. The molecule has 0 fully saturated rings. The van der Waals surface area contributed by atoms with Crippen LogP contribution in [0.15, 0.2) is 0 Å². The monoisotopic (exact) mass is 127 g/mol. The third-order valence-electron chi connectivity index (χ3n) is 1.06. The zero-order valence-electron chi connectivity index (χ0n) is 5.72. The van der Waals surface area contributed by atoms with Gasteiger partial charge in [0.25, 0.3) is 0 Å². The molecule has 0 amide bonds. The van der Waals surface area contributed by atoms with Crippen molar-refractivity contribution >= 4 is 0 Å². The highest BCUT2D eigenvalue weighted by Crippen LogP contribution is 1.92. The molecule has 52 valence electrons. The number of likely N-dealkylation sites (N-methyl/N-ethyl adjacent to an activating group) is 1. The summed E-state index contributed by atoms with van der Waals surface area (Å²) in [5.74, 6) is 2.47. The predicted octanol–water partition coefficient (Wildman–Crippen LogP) is -0.0199. The molecule has 1 unspecified atom stereocenters. The average Bonchev–Trinajstić information content (AvgIpc) is 1.85. The molecular weight excluding hydrogens is 114 g/mol. The van der Waals surface area contributed by atoms with Crippen molar-refractivity contribution < 1.29 is 5.11 Å². The van der Waals surface area contributed by atoms with Gasteiger partial charge in [0, 0.05) is 13.0 Å². The van der Waals surface area contributed by atoms with Gasteiger partial charge in [0.15, 0.2) is 0 Å². The third-order valence-corrected chi connectivity index (χ3v) is 1.06. The summed E-state index contributed by atoms with van der Waals surface area (Å²) < 4.78 is 0. The van der Waals surface area contributed by atoms with Gasteiger partial charge in [-0.05, 0) is 13.5 Å². The molecule has 2 N–H and O–H groups in total. The highest BCUT2D eigenvalue weighted by molar-refractivity contribution is 4.84. The van der Waals surface area contributed by atoms with Crippen LogP contribution in [0.3, 0.4) is 0 Å². The third kappa shape index (κ3) is 5.35. The van der Waals surface area contributed by atoms with Crippen LogP contribution in [0.25, 0.3) is 0 Å². The van der Waals surface area contributed by atoms with Crippen molar-refractivity contribution in [3.63, 3.8) is 0 Å². The summed E-state index contributed by atoms with van der Waals surface area (Å²) in [6, 6.07) is 0.